The highest BCUT2D eigenvalue weighted by Crippen LogP contribution is 2.03. The van der Waals surface area contributed by atoms with Crippen LogP contribution in [0, 0.1) is 5.82 Å². The van der Waals surface area contributed by atoms with Crippen molar-refractivity contribution in [3.8, 4) is 0 Å². The molecule has 94 valence electrons. The number of amides is 1. The summed E-state index contributed by atoms with van der Waals surface area (Å²) in [5.41, 5.74) is 0.895. The molecule has 0 aliphatic rings. The Morgan fingerprint density at radius 2 is 2.18 bits per heavy atom. The number of rotatable bonds is 7. The van der Waals surface area contributed by atoms with Crippen LogP contribution >= 0.6 is 0 Å². The van der Waals surface area contributed by atoms with E-state index in [1.54, 1.807) is 6.07 Å². The van der Waals surface area contributed by atoms with Crippen LogP contribution < -0.4 is 10.6 Å². The first-order valence-electron chi connectivity index (χ1n) is 5.94. The molecule has 0 aliphatic heterocycles. The summed E-state index contributed by atoms with van der Waals surface area (Å²) < 4.78 is 12.9. The normalized spacial score (nSPS) is 10.2. The third kappa shape index (κ3) is 6.02. The van der Waals surface area contributed by atoms with Crippen molar-refractivity contribution in [1.29, 1.82) is 0 Å². The van der Waals surface area contributed by atoms with Gasteiger partial charge in [0, 0.05) is 6.54 Å². The first-order valence-corrected chi connectivity index (χ1v) is 5.94. The Morgan fingerprint density at radius 3 is 2.88 bits per heavy atom. The summed E-state index contributed by atoms with van der Waals surface area (Å²) in [7, 11) is 0. The summed E-state index contributed by atoms with van der Waals surface area (Å²) >= 11 is 0. The van der Waals surface area contributed by atoms with E-state index in [1.807, 2.05) is 6.07 Å². The number of hydrogen-bond donors (Lipinski definition) is 2. The molecule has 1 rings (SSSR count). The molecule has 4 heteroatoms. The molecule has 3 nitrogen and oxygen atoms in total. The fraction of sp³-hybridized carbons (Fsp3) is 0.462. The molecule has 0 atom stereocenters. The van der Waals surface area contributed by atoms with Crippen molar-refractivity contribution < 1.29 is 9.18 Å². The number of benzene rings is 1. The van der Waals surface area contributed by atoms with Crippen LogP contribution in [0.5, 0.6) is 0 Å². The molecule has 0 saturated heterocycles. The molecule has 0 bridgehead atoms. The molecule has 0 heterocycles. The maximum atomic E-state index is 12.9. The van der Waals surface area contributed by atoms with E-state index >= 15 is 0 Å². The van der Waals surface area contributed by atoms with E-state index in [4.69, 9.17) is 0 Å². The fourth-order valence-corrected chi connectivity index (χ4v) is 1.48. The van der Waals surface area contributed by atoms with E-state index in [9.17, 15) is 9.18 Å². The molecular formula is C13H19FN2O. The second-order valence-corrected chi connectivity index (χ2v) is 3.91. The molecule has 0 aromatic heterocycles. The van der Waals surface area contributed by atoms with Gasteiger partial charge >= 0.3 is 0 Å². The van der Waals surface area contributed by atoms with Crippen molar-refractivity contribution in [2.75, 3.05) is 19.6 Å². The molecule has 1 aromatic carbocycles. The first-order chi connectivity index (χ1) is 8.22. The molecule has 0 spiro atoms. The predicted molar refractivity (Wildman–Crippen MR) is 66.3 cm³/mol. The second-order valence-electron chi connectivity index (χ2n) is 3.91. The van der Waals surface area contributed by atoms with Crippen LogP contribution in [0.15, 0.2) is 24.3 Å². The predicted octanol–water partition coefficient (Wildman–Crippen LogP) is 1.48. The van der Waals surface area contributed by atoms with Gasteiger partial charge in [-0.3, -0.25) is 4.79 Å². The van der Waals surface area contributed by atoms with E-state index in [2.05, 4.69) is 17.6 Å². The van der Waals surface area contributed by atoms with Gasteiger partial charge in [0.25, 0.3) is 0 Å². The monoisotopic (exact) mass is 238 g/mol. The fourth-order valence-electron chi connectivity index (χ4n) is 1.48. The Hall–Kier alpha value is -1.42. The van der Waals surface area contributed by atoms with Crippen molar-refractivity contribution in [2.45, 2.75) is 19.8 Å². The number of hydrogen-bond acceptors (Lipinski definition) is 2. The maximum absolute atomic E-state index is 12.9. The Kier molecular flexibility index (Phi) is 6.25. The van der Waals surface area contributed by atoms with Crippen LogP contribution in [-0.4, -0.2) is 25.5 Å². The summed E-state index contributed by atoms with van der Waals surface area (Å²) in [6.45, 7) is 3.78. The maximum Gasteiger partial charge on any atom is 0.233 e. The lowest BCUT2D eigenvalue weighted by Crippen LogP contribution is -2.35. The van der Waals surface area contributed by atoms with E-state index in [0.717, 1.165) is 18.5 Å². The quantitative estimate of drug-likeness (QED) is 0.707. The molecule has 17 heavy (non-hydrogen) atoms. The van der Waals surface area contributed by atoms with E-state index in [0.29, 0.717) is 19.5 Å². The third-order valence-corrected chi connectivity index (χ3v) is 2.34. The van der Waals surface area contributed by atoms with Crippen LogP contribution in [-0.2, 0) is 11.2 Å². The molecule has 0 unspecified atom stereocenters. The van der Waals surface area contributed by atoms with Crippen molar-refractivity contribution >= 4 is 5.91 Å². The summed E-state index contributed by atoms with van der Waals surface area (Å²) in [6, 6.07) is 6.43. The molecule has 0 aliphatic carbocycles. The third-order valence-electron chi connectivity index (χ3n) is 2.34. The van der Waals surface area contributed by atoms with Crippen molar-refractivity contribution in [3.05, 3.63) is 35.6 Å². The highest BCUT2D eigenvalue weighted by atomic mass is 19.1. The van der Waals surface area contributed by atoms with Gasteiger partial charge in [-0.2, -0.15) is 0 Å². The topological polar surface area (TPSA) is 41.1 Å². The van der Waals surface area contributed by atoms with E-state index in [-0.39, 0.29) is 11.7 Å². The van der Waals surface area contributed by atoms with Gasteiger partial charge in [-0.1, -0.05) is 19.1 Å². The van der Waals surface area contributed by atoms with Crippen molar-refractivity contribution in [3.63, 3.8) is 0 Å². The Labute approximate surface area is 101 Å². The molecule has 1 amide bonds. The highest BCUT2D eigenvalue weighted by Gasteiger charge is 2.00. The van der Waals surface area contributed by atoms with Crippen molar-refractivity contribution in [1.82, 2.24) is 10.6 Å². The average Bonchev–Trinajstić information content (AvgIpc) is 2.29. The van der Waals surface area contributed by atoms with E-state index in [1.165, 1.54) is 12.1 Å². The van der Waals surface area contributed by atoms with Gasteiger partial charge in [-0.15, -0.1) is 0 Å². The zero-order chi connectivity index (χ0) is 12.5. The molecule has 1 aromatic rings. The summed E-state index contributed by atoms with van der Waals surface area (Å²) in [6.07, 6.45) is 1.66. The largest absolute Gasteiger partial charge is 0.355 e. The van der Waals surface area contributed by atoms with Gasteiger partial charge in [0.2, 0.25) is 5.91 Å². The van der Waals surface area contributed by atoms with Crippen molar-refractivity contribution in [2.24, 2.45) is 0 Å². The van der Waals surface area contributed by atoms with Gasteiger partial charge in [-0.25, -0.2) is 4.39 Å². The van der Waals surface area contributed by atoms with Gasteiger partial charge in [0.1, 0.15) is 5.82 Å². The number of carbonyl (C=O) groups is 1. The van der Waals surface area contributed by atoms with Crippen LogP contribution in [0.1, 0.15) is 18.9 Å². The molecular weight excluding hydrogens is 219 g/mol. The lowest BCUT2D eigenvalue weighted by atomic mass is 10.1. The summed E-state index contributed by atoms with van der Waals surface area (Å²) in [4.78, 5) is 11.3. The van der Waals surface area contributed by atoms with Gasteiger partial charge in [0.05, 0.1) is 6.54 Å². The highest BCUT2D eigenvalue weighted by molar-refractivity contribution is 5.77. The zero-order valence-corrected chi connectivity index (χ0v) is 10.1. The number of halogens is 1. The van der Waals surface area contributed by atoms with Crippen LogP contribution in [0.4, 0.5) is 4.39 Å². The Morgan fingerprint density at radius 1 is 1.35 bits per heavy atom. The lowest BCUT2D eigenvalue weighted by molar-refractivity contribution is -0.120. The number of nitrogens with one attached hydrogen (secondary N) is 2. The first kappa shape index (κ1) is 13.6. The smallest absolute Gasteiger partial charge is 0.233 e. The number of carbonyl (C=O) groups excluding carboxylic acids is 1. The second kappa shape index (κ2) is 7.79. The molecule has 0 saturated carbocycles. The van der Waals surface area contributed by atoms with E-state index < -0.39 is 0 Å². The minimum Gasteiger partial charge on any atom is -0.355 e. The van der Waals surface area contributed by atoms with Crippen LogP contribution in [0.3, 0.4) is 0 Å². The Bertz CT molecular complexity index is 355. The van der Waals surface area contributed by atoms with Crippen LogP contribution in [0.25, 0.3) is 0 Å². The standard InChI is InChI=1S/C13H19FN2O/c1-2-7-15-10-13(17)16-8-6-11-4-3-5-12(14)9-11/h3-5,9,15H,2,6-8,10H2,1H3,(H,16,17). The lowest BCUT2D eigenvalue weighted by Gasteiger charge is -2.06. The summed E-state index contributed by atoms with van der Waals surface area (Å²) in [5, 5.41) is 5.81. The van der Waals surface area contributed by atoms with Gasteiger partial charge < -0.3 is 10.6 Å². The summed E-state index contributed by atoms with van der Waals surface area (Å²) in [5.74, 6) is -0.256. The molecule has 0 fully saturated rings. The van der Waals surface area contributed by atoms with Crippen LogP contribution in [0.2, 0.25) is 0 Å². The SMILES string of the molecule is CCCNCC(=O)NCCc1cccc(F)c1. The average molecular weight is 238 g/mol. The minimum atomic E-state index is -0.238. The molecule has 0 radical (unpaired) electrons. The minimum absolute atomic E-state index is 0.0187. The zero-order valence-electron chi connectivity index (χ0n) is 10.1. The van der Waals surface area contributed by atoms with Gasteiger partial charge in [-0.05, 0) is 37.1 Å². The van der Waals surface area contributed by atoms with Gasteiger partial charge in [0.15, 0.2) is 0 Å². The molecule has 2 N–H and O–H groups in total. The Balaban J connectivity index is 2.17.